The molecule has 0 aliphatic heterocycles. The number of hydrogen-bond donors (Lipinski definition) is 1. The summed E-state index contributed by atoms with van der Waals surface area (Å²) in [7, 11) is 0. The number of carbonyl (C=O) groups is 1. The molecule has 0 rings (SSSR count). The monoisotopic (exact) mass is 265 g/mol. The normalized spacial score (nSPS) is 13.3. The van der Waals surface area contributed by atoms with E-state index in [9.17, 15) is 18.0 Å². The van der Waals surface area contributed by atoms with Gasteiger partial charge in [0.15, 0.2) is 0 Å². The maximum Gasteiger partial charge on any atom is 0.401 e. The molecule has 0 bridgehead atoms. The van der Waals surface area contributed by atoms with Crippen LogP contribution in [0.5, 0.6) is 0 Å². The summed E-state index contributed by atoms with van der Waals surface area (Å²) in [4.78, 5) is 10.9. The highest BCUT2D eigenvalue weighted by Gasteiger charge is 2.31. The number of aliphatic carboxylic acids is 1. The van der Waals surface area contributed by atoms with Crippen molar-refractivity contribution in [2.75, 3.05) is 19.6 Å². The van der Waals surface area contributed by atoms with E-state index in [1.807, 2.05) is 0 Å². The molecule has 0 amide bonds. The van der Waals surface area contributed by atoms with Gasteiger partial charge in [-0.1, -0.05) is 23.2 Å². The quantitative estimate of drug-likeness (QED) is 0.829. The van der Waals surface area contributed by atoms with Crippen molar-refractivity contribution in [2.45, 2.75) is 6.18 Å². The van der Waals surface area contributed by atoms with Crippen molar-refractivity contribution >= 4 is 29.2 Å². The highest BCUT2D eigenvalue weighted by atomic mass is 35.5. The summed E-state index contributed by atoms with van der Waals surface area (Å²) in [5.74, 6) is -1.36. The molecule has 0 saturated heterocycles. The van der Waals surface area contributed by atoms with Gasteiger partial charge in [-0.15, -0.1) is 0 Å². The minimum atomic E-state index is -4.47. The van der Waals surface area contributed by atoms with Crippen LogP contribution in [0.2, 0.25) is 0 Å². The van der Waals surface area contributed by atoms with Crippen LogP contribution < -0.4 is 0 Å². The molecule has 0 heterocycles. The van der Waals surface area contributed by atoms with Crippen LogP contribution >= 0.6 is 23.2 Å². The van der Waals surface area contributed by atoms with E-state index in [1.165, 1.54) is 0 Å². The van der Waals surface area contributed by atoms with E-state index >= 15 is 0 Å². The van der Waals surface area contributed by atoms with E-state index in [-0.39, 0.29) is 11.6 Å². The third kappa shape index (κ3) is 8.53. The Morgan fingerprint density at radius 1 is 1.40 bits per heavy atom. The molecule has 0 aliphatic carbocycles. The van der Waals surface area contributed by atoms with Gasteiger partial charge in [-0.3, -0.25) is 9.69 Å². The van der Waals surface area contributed by atoms with Gasteiger partial charge in [-0.2, -0.15) is 13.2 Å². The minimum absolute atomic E-state index is 0.0535. The molecule has 0 saturated carbocycles. The van der Waals surface area contributed by atoms with E-state index < -0.39 is 25.2 Å². The zero-order valence-corrected chi connectivity index (χ0v) is 8.90. The first-order valence-corrected chi connectivity index (χ1v) is 4.51. The second-order valence-corrected chi connectivity index (χ2v) is 3.41. The van der Waals surface area contributed by atoms with Crippen LogP contribution in [-0.4, -0.2) is 41.8 Å². The second-order valence-electron chi connectivity index (χ2n) is 2.71. The number of hydrogen-bond acceptors (Lipinski definition) is 2. The third-order valence-electron chi connectivity index (χ3n) is 1.25. The summed E-state index contributed by atoms with van der Waals surface area (Å²) in [6.45, 7) is -2.45. The molecule has 88 valence electrons. The Morgan fingerprint density at radius 3 is 2.27 bits per heavy atom. The molecule has 0 fully saturated rings. The Balaban J connectivity index is 4.38. The highest BCUT2D eigenvalue weighted by molar-refractivity contribution is 6.36. The van der Waals surface area contributed by atoms with Gasteiger partial charge in [0, 0.05) is 17.1 Å². The Morgan fingerprint density at radius 2 is 1.93 bits per heavy atom. The molecule has 3 nitrogen and oxygen atoms in total. The molecule has 0 unspecified atom stereocenters. The lowest BCUT2D eigenvalue weighted by Crippen LogP contribution is -2.38. The smallest absolute Gasteiger partial charge is 0.401 e. The molecule has 15 heavy (non-hydrogen) atoms. The van der Waals surface area contributed by atoms with Crippen LogP contribution in [-0.2, 0) is 4.79 Å². The SMILES string of the molecule is O=C(O)CN(CC(Cl)=CCl)CC(F)(F)F. The van der Waals surface area contributed by atoms with Gasteiger partial charge >= 0.3 is 12.1 Å². The van der Waals surface area contributed by atoms with Crippen LogP contribution in [0.4, 0.5) is 13.2 Å². The maximum absolute atomic E-state index is 12.0. The first kappa shape index (κ1) is 14.5. The average Bonchev–Trinajstić information content (AvgIpc) is 1.99. The molecular formula is C7H8Cl2F3NO2. The second kappa shape index (κ2) is 6.19. The fourth-order valence-electron chi connectivity index (χ4n) is 0.861. The fourth-order valence-corrected chi connectivity index (χ4v) is 1.10. The van der Waals surface area contributed by atoms with Crippen LogP contribution in [0, 0.1) is 0 Å². The van der Waals surface area contributed by atoms with Crippen molar-refractivity contribution in [3.05, 3.63) is 10.6 Å². The van der Waals surface area contributed by atoms with E-state index in [4.69, 9.17) is 28.3 Å². The van der Waals surface area contributed by atoms with Gasteiger partial charge in [-0.25, -0.2) is 0 Å². The zero-order chi connectivity index (χ0) is 12.1. The minimum Gasteiger partial charge on any atom is -0.480 e. The number of rotatable bonds is 5. The molecule has 0 aliphatic rings. The van der Waals surface area contributed by atoms with E-state index in [1.54, 1.807) is 0 Å². The number of carboxylic acids is 1. The van der Waals surface area contributed by atoms with Crippen molar-refractivity contribution in [3.63, 3.8) is 0 Å². The molecule has 0 radical (unpaired) electrons. The van der Waals surface area contributed by atoms with Crippen LogP contribution in [0.15, 0.2) is 10.6 Å². The summed E-state index contributed by atoms with van der Waals surface area (Å²) in [5.41, 5.74) is 0.896. The van der Waals surface area contributed by atoms with Gasteiger partial charge in [-0.05, 0) is 0 Å². The predicted octanol–water partition coefficient (Wildman–Crippen LogP) is 2.25. The van der Waals surface area contributed by atoms with Crippen LogP contribution in [0.1, 0.15) is 0 Å². The van der Waals surface area contributed by atoms with Gasteiger partial charge < -0.3 is 5.11 Å². The Hall–Kier alpha value is -0.460. The van der Waals surface area contributed by atoms with Crippen LogP contribution in [0.3, 0.4) is 0 Å². The standard InChI is InChI=1S/C7H8Cl2F3NO2/c8-1-5(9)2-13(3-6(14)15)4-7(10,11)12/h1H,2-4H2,(H,14,15). The zero-order valence-electron chi connectivity index (χ0n) is 7.39. The third-order valence-corrected chi connectivity index (χ3v) is 1.86. The fraction of sp³-hybridized carbons (Fsp3) is 0.571. The van der Waals surface area contributed by atoms with Crippen molar-refractivity contribution < 1.29 is 23.1 Å². The number of carboxylic acid groups (broad SMARTS) is 1. The maximum atomic E-state index is 12.0. The van der Waals surface area contributed by atoms with Crippen molar-refractivity contribution in [2.24, 2.45) is 0 Å². The molecule has 0 aromatic heterocycles. The van der Waals surface area contributed by atoms with Crippen LogP contribution in [0.25, 0.3) is 0 Å². The van der Waals surface area contributed by atoms with Crippen molar-refractivity contribution in [1.29, 1.82) is 0 Å². The molecule has 8 heteroatoms. The molecule has 0 atom stereocenters. The summed E-state index contributed by atoms with van der Waals surface area (Å²) in [6, 6.07) is 0. The van der Waals surface area contributed by atoms with Gasteiger partial charge in [0.1, 0.15) is 0 Å². The van der Waals surface area contributed by atoms with Gasteiger partial charge in [0.25, 0.3) is 0 Å². The van der Waals surface area contributed by atoms with E-state index in [2.05, 4.69) is 0 Å². The lowest BCUT2D eigenvalue weighted by Gasteiger charge is -2.20. The van der Waals surface area contributed by atoms with Gasteiger partial charge in [0.2, 0.25) is 0 Å². The number of alkyl halides is 3. The van der Waals surface area contributed by atoms with E-state index in [0.717, 1.165) is 5.54 Å². The lowest BCUT2D eigenvalue weighted by molar-refractivity contribution is -0.152. The predicted molar refractivity (Wildman–Crippen MR) is 49.9 cm³/mol. The lowest BCUT2D eigenvalue weighted by atomic mass is 10.4. The molecule has 0 spiro atoms. The summed E-state index contributed by atoms with van der Waals surface area (Å²) in [6.07, 6.45) is -4.47. The molecule has 0 aromatic rings. The molecular weight excluding hydrogens is 258 g/mol. The van der Waals surface area contributed by atoms with Crippen molar-refractivity contribution in [3.8, 4) is 0 Å². The Bertz CT molecular complexity index is 255. The molecule has 1 N–H and O–H groups in total. The largest absolute Gasteiger partial charge is 0.480 e. The number of nitrogens with zero attached hydrogens (tertiary/aromatic N) is 1. The number of halogens is 5. The Kier molecular flexibility index (Phi) is 6.00. The average molecular weight is 266 g/mol. The summed E-state index contributed by atoms with van der Waals surface area (Å²) in [5, 5.41) is 8.31. The topological polar surface area (TPSA) is 40.5 Å². The summed E-state index contributed by atoms with van der Waals surface area (Å²) >= 11 is 10.6. The first-order chi connectivity index (χ1) is 6.74. The summed E-state index contributed by atoms with van der Waals surface area (Å²) < 4.78 is 35.9. The Labute approximate surface area is 94.1 Å². The first-order valence-electron chi connectivity index (χ1n) is 3.70. The highest BCUT2D eigenvalue weighted by Crippen LogP contribution is 2.17. The van der Waals surface area contributed by atoms with Crippen molar-refractivity contribution in [1.82, 2.24) is 4.90 Å². The van der Waals surface area contributed by atoms with E-state index in [0.29, 0.717) is 4.90 Å². The van der Waals surface area contributed by atoms with Gasteiger partial charge in [0.05, 0.1) is 13.1 Å². The molecule has 0 aromatic carbocycles.